The Balaban J connectivity index is 2.38. The molecule has 0 unspecified atom stereocenters. The summed E-state index contributed by atoms with van der Waals surface area (Å²) >= 11 is 0. The van der Waals surface area contributed by atoms with Crippen LogP contribution in [0.1, 0.15) is 33.5 Å². The third-order valence-corrected chi connectivity index (χ3v) is 3.25. The van der Waals surface area contributed by atoms with E-state index in [0.717, 1.165) is 12.4 Å². The molecule has 1 atom stereocenters. The van der Waals surface area contributed by atoms with Gasteiger partial charge in [-0.15, -0.1) is 0 Å². The van der Waals surface area contributed by atoms with Crippen molar-refractivity contribution in [2.45, 2.75) is 46.8 Å². The molecule has 1 aromatic heterocycles. The zero-order valence-corrected chi connectivity index (χ0v) is 13.8. The molecule has 4 N–H and O–H groups in total. The van der Waals surface area contributed by atoms with E-state index in [0.29, 0.717) is 12.5 Å². The van der Waals surface area contributed by atoms with Crippen molar-refractivity contribution in [2.24, 2.45) is 17.6 Å². The fraction of sp³-hybridized carbons (Fsp3) is 0.667. The van der Waals surface area contributed by atoms with Gasteiger partial charge >= 0.3 is 0 Å². The van der Waals surface area contributed by atoms with Gasteiger partial charge in [-0.25, -0.2) is 4.98 Å². The van der Waals surface area contributed by atoms with Gasteiger partial charge in [0.25, 0.3) is 0 Å². The van der Waals surface area contributed by atoms with Gasteiger partial charge in [-0.1, -0.05) is 27.7 Å². The molecule has 124 valence electrons. The van der Waals surface area contributed by atoms with Crippen molar-refractivity contribution in [1.29, 1.82) is 0 Å². The Bertz CT molecular complexity index is 496. The Kier molecular flexibility index (Phi) is 7.04. The van der Waals surface area contributed by atoms with E-state index in [2.05, 4.69) is 29.5 Å². The molecule has 0 aliphatic heterocycles. The summed E-state index contributed by atoms with van der Waals surface area (Å²) < 4.78 is 2.01. The summed E-state index contributed by atoms with van der Waals surface area (Å²) in [4.78, 5) is 27.7. The number of nitrogens with zero attached hydrogens (tertiary/aromatic N) is 2. The molecule has 0 fully saturated rings. The average molecular weight is 309 g/mol. The summed E-state index contributed by atoms with van der Waals surface area (Å²) in [5, 5.41) is 5.28. The molecule has 0 aliphatic rings. The lowest BCUT2D eigenvalue weighted by atomic mass is 10.1. The van der Waals surface area contributed by atoms with E-state index in [9.17, 15) is 9.59 Å². The van der Waals surface area contributed by atoms with E-state index in [1.165, 1.54) is 0 Å². The maximum Gasteiger partial charge on any atom is 0.239 e. The van der Waals surface area contributed by atoms with Crippen LogP contribution >= 0.6 is 0 Å². The van der Waals surface area contributed by atoms with Gasteiger partial charge in [0.05, 0.1) is 19.1 Å². The van der Waals surface area contributed by atoms with Crippen LogP contribution in [0.4, 0.5) is 0 Å². The predicted molar refractivity (Wildman–Crippen MR) is 84.7 cm³/mol. The lowest BCUT2D eigenvalue weighted by molar-refractivity contribution is -0.127. The third-order valence-electron chi connectivity index (χ3n) is 3.25. The van der Waals surface area contributed by atoms with Crippen LogP contribution in [0.5, 0.6) is 0 Å². The van der Waals surface area contributed by atoms with Crippen molar-refractivity contribution in [3.8, 4) is 0 Å². The van der Waals surface area contributed by atoms with Crippen LogP contribution in [0.2, 0.25) is 0 Å². The zero-order valence-electron chi connectivity index (χ0n) is 13.8. The van der Waals surface area contributed by atoms with Crippen LogP contribution in [-0.2, 0) is 22.7 Å². The number of hydrogen-bond acceptors (Lipinski definition) is 4. The smallest absolute Gasteiger partial charge is 0.239 e. The average Bonchev–Trinajstić information content (AvgIpc) is 2.87. The van der Waals surface area contributed by atoms with E-state index in [-0.39, 0.29) is 24.3 Å². The highest BCUT2D eigenvalue weighted by molar-refractivity contribution is 5.87. The Morgan fingerprint density at radius 2 is 1.95 bits per heavy atom. The number of hydrogen-bond donors (Lipinski definition) is 3. The first-order valence-electron chi connectivity index (χ1n) is 7.61. The highest BCUT2D eigenvalue weighted by Crippen LogP contribution is 2.03. The molecule has 0 aromatic carbocycles. The lowest BCUT2D eigenvalue weighted by Crippen LogP contribution is -2.47. The van der Waals surface area contributed by atoms with Crippen molar-refractivity contribution in [3.63, 3.8) is 0 Å². The second-order valence-corrected chi connectivity index (χ2v) is 6.15. The van der Waals surface area contributed by atoms with Crippen LogP contribution in [0.3, 0.4) is 0 Å². The van der Waals surface area contributed by atoms with Gasteiger partial charge in [0, 0.05) is 18.9 Å². The Morgan fingerprint density at radius 3 is 2.55 bits per heavy atom. The first-order chi connectivity index (χ1) is 10.3. The van der Waals surface area contributed by atoms with E-state index in [1.807, 2.05) is 24.6 Å². The first kappa shape index (κ1) is 18.2. The highest BCUT2D eigenvalue weighted by Gasteiger charge is 2.17. The van der Waals surface area contributed by atoms with Crippen molar-refractivity contribution < 1.29 is 9.59 Å². The second-order valence-electron chi connectivity index (χ2n) is 6.15. The van der Waals surface area contributed by atoms with Crippen LogP contribution in [0.15, 0.2) is 12.4 Å². The molecule has 0 radical (unpaired) electrons. The van der Waals surface area contributed by atoms with Gasteiger partial charge in [0.15, 0.2) is 0 Å². The topological polar surface area (TPSA) is 102 Å². The number of aromatic nitrogens is 2. The number of imidazole rings is 1. The summed E-state index contributed by atoms with van der Waals surface area (Å²) in [6, 6.07) is -0.599. The first-order valence-corrected chi connectivity index (χ1v) is 7.61. The molecule has 22 heavy (non-hydrogen) atoms. The molecule has 7 nitrogen and oxygen atoms in total. The van der Waals surface area contributed by atoms with Gasteiger partial charge in [-0.05, 0) is 11.8 Å². The number of rotatable bonds is 8. The SMILES string of the molecule is CC(C)Cn1ccnc1CNC(=O)CNC(=O)[C@@H](N)C(C)C. The van der Waals surface area contributed by atoms with Crippen molar-refractivity contribution >= 4 is 11.8 Å². The van der Waals surface area contributed by atoms with Crippen LogP contribution in [-0.4, -0.2) is 34.0 Å². The molecular weight excluding hydrogens is 282 g/mol. The minimum Gasteiger partial charge on any atom is -0.347 e. The Labute approximate surface area is 131 Å². The minimum absolute atomic E-state index is 0.0339. The lowest BCUT2D eigenvalue weighted by Gasteiger charge is -2.15. The van der Waals surface area contributed by atoms with E-state index >= 15 is 0 Å². The second kappa shape index (κ2) is 8.53. The maximum atomic E-state index is 11.8. The van der Waals surface area contributed by atoms with E-state index in [1.54, 1.807) is 6.20 Å². The fourth-order valence-electron chi connectivity index (χ4n) is 1.89. The molecule has 0 spiro atoms. The van der Waals surface area contributed by atoms with Crippen LogP contribution in [0.25, 0.3) is 0 Å². The van der Waals surface area contributed by atoms with Gasteiger partial charge in [-0.3, -0.25) is 9.59 Å². The summed E-state index contributed by atoms with van der Waals surface area (Å²) in [6.45, 7) is 9.07. The summed E-state index contributed by atoms with van der Waals surface area (Å²) in [5.41, 5.74) is 5.71. The predicted octanol–water partition coefficient (Wildman–Crippen LogP) is 0.255. The summed E-state index contributed by atoms with van der Waals surface area (Å²) in [7, 11) is 0. The molecule has 7 heteroatoms. The number of carbonyl (C=O) groups is 2. The normalized spacial score (nSPS) is 12.5. The van der Waals surface area contributed by atoms with Crippen LogP contribution < -0.4 is 16.4 Å². The van der Waals surface area contributed by atoms with E-state index < -0.39 is 6.04 Å². The van der Waals surface area contributed by atoms with Gasteiger partial charge in [-0.2, -0.15) is 0 Å². The van der Waals surface area contributed by atoms with Crippen molar-refractivity contribution in [3.05, 3.63) is 18.2 Å². The quantitative estimate of drug-likeness (QED) is 0.641. The molecular formula is C15H27N5O2. The summed E-state index contributed by atoms with van der Waals surface area (Å²) in [6.07, 6.45) is 3.61. The van der Waals surface area contributed by atoms with Gasteiger partial charge in [0.2, 0.25) is 11.8 Å². The zero-order chi connectivity index (χ0) is 16.7. The standard InChI is InChI=1S/C15H27N5O2/c1-10(2)9-20-6-5-17-12(20)7-18-13(21)8-19-15(22)14(16)11(3)4/h5-6,10-11,14H,7-9,16H2,1-4H3,(H,18,21)(H,19,22)/t14-/m0/s1. The van der Waals surface area contributed by atoms with Crippen molar-refractivity contribution in [2.75, 3.05) is 6.54 Å². The largest absolute Gasteiger partial charge is 0.347 e. The van der Waals surface area contributed by atoms with Crippen molar-refractivity contribution in [1.82, 2.24) is 20.2 Å². The molecule has 2 amide bonds. The summed E-state index contributed by atoms with van der Waals surface area (Å²) in [5.74, 6) is 0.758. The minimum atomic E-state index is -0.599. The maximum absolute atomic E-state index is 11.8. The Hall–Kier alpha value is -1.89. The number of nitrogens with two attached hydrogens (primary N) is 1. The number of amides is 2. The number of nitrogens with one attached hydrogen (secondary N) is 2. The van der Waals surface area contributed by atoms with E-state index in [4.69, 9.17) is 5.73 Å². The monoisotopic (exact) mass is 309 g/mol. The molecule has 0 aliphatic carbocycles. The van der Waals surface area contributed by atoms with Gasteiger partial charge < -0.3 is 20.9 Å². The molecule has 0 saturated carbocycles. The number of carbonyl (C=O) groups excluding carboxylic acids is 2. The highest BCUT2D eigenvalue weighted by atomic mass is 16.2. The molecule has 1 rings (SSSR count). The molecule has 1 heterocycles. The fourth-order valence-corrected chi connectivity index (χ4v) is 1.89. The Morgan fingerprint density at radius 1 is 1.27 bits per heavy atom. The molecule has 0 saturated heterocycles. The van der Waals surface area contributed by atoms with Crippen LogP contribution in [0, 0.1) is 11.8 Å². The van der Waals surface area contributed by atoms with Gasteiger partial charge in [0.1, 0.15) is 5.82 Å². The third kappa shape index (κ3) is 5.85. The molecule has 1 aromatic rings. The molecule has 0 bridgehead atoms.